The van der Waals surface area contributed by atoms with E-state index in [2.05, 4.69) is 41.1 Å². The minimum absolute atomic E-state index is 0.116. The van der Waals surface area contributed by atoms with Crippen LogP contribution in [-0.2, 0) is 13.0 Å². The molecule has 0 unspecified atom stereocenters. The van der Waals surface area contributed by atoms with Gasteiger partial charge in [-0.2, -0.15) is 0 Å². The molecule has 0 aliphatic carbocycles. The van der Waals surface area contributed by atoms with Crippen molar-refractivity contribution < 1.29 is 4.79 Å². The van der Waals surface area contributed by atoms with Crippen LogP contribution in [0, 0.1) is 13.8 Å². The zero-order valence-corrected chi connectivity index (χ0v) is 14.5. The molecule has 4 nitrogen and oxygen atoms in total. The lowest BCUT2D eigenvalue weighted by Gasteiger charge is -2.06. The zero-order chi connectivity index (χ0) is 17.4. The van der Waals surface area contributed by atoms with Gasteiger partial charge in [0, 0.05) is 23.4 Å². The molecule has 2 aromatic carbocycles. The number of amides is 1. The monoisotopic (exact) mass is 331 g/mol. The van der Waals surface area contributed by atoms with Gasteiger partial charge in [-0.25, -0.2) is 4.98 Å². The van der Waals surface area contributed by atoms with E-state index >= 15 is 0 Å². The van der Waals surface area contributed by atoms with Crippen LogP contribution in [0.25, 0.3) is 11.3 Å². The van der Waals surface area contributed by atoms with Crippen LogP contribution in [0.15, 0.2) is 48.5 Å². The van der Waals surface area contributed by atoms with Crippen molar-refractivity contribution in [3.8, 4) is 11.3 Å². The van der Waals surface area contributed by atoms with E-state index in [-0.39, 0.29) is 5.91 Å². The van der Waals surface area contributed by atoms with E-state index < -0.39 is 0 Å². The lowest BCUT2D eigenvalue weighted by atomic mass is 10.1. The van der Waals surface area contributed by atoms with Crippen LogP contribution >= 0.6 is 0 Å². The van der Waals surface area contributed by atoms with Gasteiger partial charge in [0.25, 0.3) is 5.91 Å². The number of imidazole rings is 1. The first-order valence-electron chi connectivity index (χ1n) is 8.66. The molecule has 4 heteroatoms. The summed E-state index contributed by atoms with van der Waals surface area (Å²) in [4.78, 5) is 17.3. The summed E-state index contributed by atoms with van der Waals surface area (Å²) in [6, 6.07) is 16.0. The van der Waals surface area contributed by atoms with Crippen LogP contribution < -0.4 is 5.32 Å². The Hall–Kier alpha value is -2.88. The molecule has 0 atom stereocenters. The fourth-order valence-corrected chi connectivity index (χ4v) is 3.30. The molecular formula is C21H21N3O. The first-order chi connectivity index (χ1) is 12.1. The van der Waals surface area contributed by atoms with Crippen molar-refractivity contribution in [3.05, 3.63) is 70.9 Å². The van der Waals surface area contributed by atoms with Gasteiger partial charge in [-0.1, -0.05) is 47.5 Å². The Balaban J connectivity index is 1.66. The van der Waals surface area contributed by atoms with Gasteiger partial charge in [0.05, 0.1) is 5.69 Å². The minimum Gasteiger partial charge on any atom is -0.314 e. The van der Waals surface area contributed by atoms with Gasteiger partial charge in [-0.3, -0.25) is 10.1 Å². The average Bonchev–Trinajstić information content (AvgIpc) is 3.20. The molecule has 1 amide bonds. The number of hydrogen-bond acceptors (Lipinski definition) is 2. The SMILES string of the molecule is Cc1ccc(C(=O)Nc2nc(-c3ccc(C)cc3)c3n2CCC3)cc1. The molecule has 1 N–H and O–H groups in total. The molecule has 1 aliphatic heterocycles. The highest BCUT2D eigenvalue weighted by Crippen LogP contribution is 2.32. The number of aromatic nitrogens is 2. The third kappa shape index (κ3) is 2.95. The lowest BCUT2D eigenvalue weighted by Crippen LogP contribution is -2.15. The molecule has 2 heterocycles. The van der Waals surface area contributed by atoms with E-state index in [0.29, 0.717) is 11.5 Å². The summed E-state index contributed by atoms with van der Waals surface area (Å²) in [5.41, 5.74) is 6.32. The molecule has 126 valence electrons. The maximum atomic E-state index is 12.6. The normalized spacial score (nSPS) is 12.9. The van der Waals surface area contributed by atoms with E-state index in [1.54, 1.807) is 0 Å². The van der Waals surface area contributed by atoms with Gasteiger partial charge in [-0.05, 0) is 38.8 Å². The highest BCUT2D eigenvalue weighted by atomic mass is 16.1. The van der Waals surface area contributed by atoms with Crippen molar-refractivity contribution in [2.45, 2.75) is 33.2 Å². The molecular weight excluding hydrogens is 310 g/mol. The van der Waals surface area contributed by atoms with Crippen molar-refractivity contribution in [2.24, 2.45) is 0 Å². The molecule has 0 fully saturated rings. The Morgan fingerprint density at radius 2 is 1.64 bits per heavy atom. The molecule has 0 bridgehead atoms. The molecule has 25 heavy (non-hydrogen) atoms. The zero-order valence-electron chi connectivity index (χ0n) is 14.5. The maximum Gasteiger partial charge on any atom is 0.257 e. The van der Waals surface area contributed by atoms with Crippen LogP contribution in [0.1, 0.15) is 33.6 Å². The minimum atomic E-state index is -0.116. The number of rotatable bonds is 3. The second-order valence-corrected chi connectivity index (χ2v) is 6.67. The van der Waals surface area contributed by atoms with Gasteiger partial charge in [-0.15, -0.1) is 0 Å². The predicted octanol–water partition coefficient (Wildman–Crippen LogP) is 4.37. The predicted molar refractivity (Wildman–Crippen MR) is 99.9 cm³/mol. The smallest absolute Gasteiger partial charge is 0.257 e. The van der Waals surface area contributed by atoms with Crippen LogP contribution in [0.3, 0.4) is 0 Å². The van der Waals surface area contributed by atoms with E-state index in [0.717, 1.165) is 36.2 Å². The number of nitrogens with zero attached hydrogens (tertiary/aromatic N) is 2. The quantitative estimate of drug-likeness (QED) is 0.775. The highest BCUT2D eigenvalue weighted by molar-refractivity contribution is 6.03. The Morgan fingerprint density at radius 3 is 2.32 bits per heavy atom. The molecule has 0 radical (unpaired) electrons. The molecule has 3 aromatic rings. The third-order valence-corrected chi connectivity index (χ3v) is 4.73. The third-order valence-electron chi connectivity index (χ3n) is 4.73. The van der Waals surface area contributed by atoms with Gasteiger partial charge < -0.3 is 4.57 Å². The topological polar surface area (TPSA) is 46.9 Å². The van der Waals surface area contributed by atoms with E-state index in [1.165, 1.54) is 11.3 Å². The Labute approximate surface area is 147 Å². The number of carbonyl (C=O) groups is 1. The van der Waals surface area contributed by atoms with Crippen molar-refractivity contribution in [3.63, 3.8) is 0 Å². The first-order valence-corrected chi connectivity index (χ1v) is 8.66. The Morgan fingerprint density at radius 1 is 1.00 bits per heavy atom. The van der Waals surface area contributed by atoms with Crippen LogP contribution in [0.2, 0.25) is 0 Å². The molecule has 0 spiro atoms. The van der Waals surface area contributed by atoms with E-state index in [1.807, 2.05) is 31.2 Å². The number of aryl methyl sites for hydroxylation is 2. The van der Waals surface area contributed by atoms with Gasteiger partial charge in [0.2, 0.25) is 5.95 Å². The van der Waals surface area contributed by atoms with Crippen molar-refractivity contribution in [1.82, 2.24) is 9.55 Å². The number of carbonyl (C=O) groups excluding carboxylic acids is 1. The summed E-state index contributed by atoms with van der Waals surface area (Å²) in [6.07, 6.45) is 2.08. The first kappa shape index (κ1) is 15.6. The van der Waals surface area contributed by atoms with Crippen molar-refractivity contribution in [2.75, 3.05) is 5.32 Å². The fraction of sp³-hybridized carbons (Fsp3) is 0.238. The summed E-state index contributed by atoms with van der Waals surface area (Å²) >= 11 is 0. The Kier molecular flexibility index (Phi) is 3.88. The van der Waals surface area contributed by atoms with Crippen molar-refractivity contribution >= 4 is 11.9 Å². The summed E-state index contributed by atoms with van der Waals surface area (Å²) < 4.78 is 2.14. The molecule has 1 aromatic heterocycles. The number of anilines is 1. The summed E-state index contributed by atoms with van der Waals surface area (Å²) in [7, 11) is 0. The largest absolute Gasteiger partial charge is 0.314 e. The van der Waals surface area contributed by atoms with Crippen LogP contribution in [0.4, 0.5) is 5.95 Å². The second-order valence-electron chi connectivity index (χ2n) is 6.67. The van der Waals surface area contributed by atoms with Crippen molar-refractivity contribution in [1.29, 1.82) is 0 Å². The lowest BCUT2D eigenvalue weighted by molar-refractivity contribution is 0.102. The summed E-state index contributed by atoms with van der Waals surface area (Å²) in [5, 5.41) is 2.99. The summed E-state index contributed by atoms with van der Waals surface area (Å²) in [6.45, 7) is 4.99. The molecule has 0 saturated carbocycles. The standard InChI is InChI=1S/C21H21N3O/c1-14-5-9-16(10-6-14)19-18-4-3-13-24(18)21(22-19)23-20(25)17-11-7-15(2)8-12-17/h5-12H,3-4,13H2,1-2H3,(H,22,23,25). The van der Waals surface area contributed by atoms with Crippen LogP contribution in [-0.4, -0.2) is 15.5 Å². The fourth-order valence-electron chi connectivity index (χ4n) is 3.30. The van der Waals surface area contributed by atoms with Gasteiger partial charge >= 0.3 is 0 Å². The van der Waals surface area contributed by atoms with E-state index in [9.17, 15) is 4.79 Å². The van der Waals surface area contributed by atoms with Gasteiger partial charge in [0.1, 0.15) is 0 Å². The average molecular weight is 331 g/mol. The number of nitrogens with one attached hydrogen (secondary N) is 1. The maximum absolute atomic E-state index is 12.6. The molecule has 1 aliphatic rings. The number of hydrogen-bond donors (Lipinski definition) is 1. The highest BCUT2D eigenvalue weighted by Gasteiger charge is 2.23. The molecule has 0 saturated heterocycles. The van der Waals surface area contributed by atoms with Gasteiger partial charge in [0.15, 0.2) is 0 Å². The Bertz CT molecular complexity index is 921. The number of benzene rings is 2. The number of fused-ring (bicyclic) bond motifs is 1. The summed E-state index contributed by atoms with van der Waals surface area (Å²) in [5.74, 6) is 0.531. The second kappa shape index (κ2) is 6.20. The van der Waals surface area contributed by atoms with E-state index in [4.69, 9.17) is 4.98 Å². The van der Waals surface area contributed by atoms with Crippen LogP contribution in [0.5, 0.6) is 0 Å². The molecule has 4 rings (SSSR count).